The molecule has 0 aromatic heterocycles. The normalized spacial score (nSPS) is 12.1. The summed E-state index contributed by atoms with van der Waals surface area (Å²) in [5.74, 6) is 0. The van der Waals surface area contributed by atoms with Crippen LogP contribution in [-0.2, 0) is 16.6 Å². The Balaban J connectivity index is 2.77. The third-order valence-electron chi connectivity index (χ3n) is 3.18. The fourth-order valence-corrected chi connectivity index (χ4v) is 2.72. The van der Waals surface area contributed by atoms with Crippen molar-refractivity contribution in [1.29, 1.82) is 0 Å². The summed E-state index contributed by atoms with van der Waals surface area (Å²) in [5, 5.41) is 0. The largest absolute Gasteiger partial charge is 0.326 e. The van der Waals surface area contributed by atoms with Crippen molar-refractivity contribution in [2.45, 2.75) is 25.3 Å². The number of sulfonamides is 1. The summed E-state index contributed by atoms with van der Waals surface area (Å²) in [4.78, 5) is 2.32. The van der Waals surface area contributed by atoms with Gasteiger partial charge in [-0.1, -0.05) is 13.0 Å². The first kappa shape index (κ1) is 16.1. The zero-order chi connectivity index (χ0) is 14.5. The third kappa shape index (κ3) is 4.58. The van der Waals surface area contributed by atoms with Crippen LogP contribution in [0.5, 0.6) is 0 Å². The molecule has 0 fully saturated rings. The van der Waals surface area contributed by atoms with E-state index in [1.54, 1.807) is 18.2 Å². The Morgan fingerprint density at radius 1 is 1.37 bits per heavy atom. The molecule has 1 aromatic rings. The van der Waals surface area contributed by atoms with E-state index in [2.05, 4.69) is 4.72 Å². The Kier molecular flexibility index (Phi) is 5.93. The van der Waals surface area contributed by atoms with Crippen molar-refractivity contribution < 1.29 is 8.42 Å². The van der Waals surface area contributed by atoms with Crippen molar-refractivity contribution in [2.75, 3.05) is 26.7 Å². The van der Waals surface area contributed by atoms with Crippen LogP contribution >= 0.6 is 0 Å². The topological polar surface area (TPSA) is 75.4 Å². The number of likely N-dealkylation sites (N-methyl/N-ethyl adjacent to an activating group) is 1. The molecule has 0 amide bonds. The highest BCUT2D eigenvalue weighted by Crippen LogP contribution is 2.14. The van der Waals surface area contributed by atoms with Gasteiger partial charge < -0.3 is 10.6 Å². The van der Waals surface area contributed by atoms with Crippen LogP contribution in [-0.4, -0.2) is 40.0 Å². The Morgan fingerprint density at radius 3 is 2.63 bits per heavy atom. The highest BCUT2D eigenvalue weighted by atomic mass is 32.2. The predicted octanol–water partition coefficient (Wildman–Crippen LogP) is 0.684. The molecule has 0 saturated carbocycles. The van der Waals surface area contributed by atoms with Crippen molar-refractivity contribution in [2.24, 2.45) is 5.73 Å². The first-order valence-corrected chi connectivity index (χ1v) is 7.86. The van der Waals surface area contributed by atoms with E-state index in [1.165, 1.54) is 0 Å². The van der Waals surface area contributed by atoms with Gasteiger partial charge in [0.25, 0.3) is 0 Å². The highest BCUT2D eigenvalue weighted by molar-refractivity contribution is 7.89. The van der Waals surface area contributed by atoms with E-state index in [0.717, 1.165) is 17.7 Å². The molecule has 6 heteroatoms. The maximum Gasteiger partial charge on any atom is 0.240 e. The van der Waals surface area contributed by atoms with E-state index in [0.29, 0.717) is 19.6 Å². The molecular weight excluding hydrogens is 262 g/mol. The smallest absolute Gasteiger partial charge is 0.240 e. The van der Waals surface area contributed by atoms with Crippen LogP contribution in [0.2, 0.25) is 0 Å². The van der Waals surface area contributed by atoms with Crippen LogP contribution in [0, 0.1) is 6.92 Å². The molecule has 0 radical (unpaired) electrons. The summed E-state index contributed by atoms with van der Waals surface area (Å²) in [6, 6.07) is 5.04. The second-order valence-corrected chi connectivity index (χ2v) is 6.35. The molecule has 0 saturated heterocycles. The summed E-state index contributed by atoms with van der Waals surface area (Å²) in [6.07, 6.45) is 0. The summed E-state index contributed by atoms with van der Waals surface area (Å²) in [7, 11) is -1.49. The van der Waals surface area contributed by atoms with Crippen molar-refractivity contribution in [3.05, 3.63) is 29.3 Å². The van der Waals surface area contributed by atoms with Crippen LogP contribution in [0.4, 0.5) is 0 Å². The van der Waals surface area contributed by atoms with Gasteiger partial charge in [0.2, 0.25) is 10.0 Å². The van der Waals surface area contributed by atoms with Crippen LogP contribution in [0.3, 0.4) is 0 Å². The number of nitrogens with one attached hydrogen (secondary N) is 1. The molecule has 0 aliphatic rings. The molecule has 19 heavy (non-hydrogen) atoms. The molecule has 0 heterocycles. The molecule has 0 aliphatic heterocycles. The molecular formula is C13H23N3O2S. The maximum atomic E-state index is 12.1. The van der Waals surface area contributed by atoms with E-state index >= 15 is 0 Å². The molecule has 0 spiro atoms. The van der Waals surface area contributed by atoms with Gasteiger partial charge in [-0.3, -0.25) is 0 Å². The molecule has 0 atom stereocenters. The van der Waals surface area contributed by atoms with Crippen LogP contribution < -0.4 is 10.5 Å². The second-order valence-electron chi connectivity index (χ2n) is 4.59. The van der Waals surface area contributed by atoms with E-state index in [-0.39, 0.29) is 4.90 Å². The fourth-order valence-electron chi connectivity index (χ4n) is 1.65. The van der Waals surface area contributed by atoms with Crippen LogP contribution in [0.1, 0.15) is 18.1 Å². The minimum absolute atomic E-state index is 0.276. The van der Waals surface area contributed by atoms with E-state index in [4.69, 9.17) is 5.73 Å². The molecule has 0 aliphatic carbocycles. The van der Waals surface area contributed by atoms with Crippen LogP contribution in [0.15, 0.2) is 23.1 Å². The Labute approximate surface area is 115 Å². The van der Waals surface area contributed by atoms with E-state index in [9.17, 15) is 8.42 Å². The maximum absolute atomic E-state index is 12.1. The summed E-state index contributed by atoms with van der Waals surface area (Å²) in [6.45, 7) is 6.27. The van der Waals surface area contributed by atoms with Crippen molar-refractivity contribution in [3.63, 3.8) is 0 Å². The van der Waals surface area contributed by atoms with Gasteiger partial charge in [0, 0.05) is 19.6 Å². The third-order valence-corrected chi connectivity index (χ3v) is 4.63. The summed E-state index contributed by atoms with van der Waals surface area (Å²) in [5.41, 5.74) is 7.46. The molecule has 1 aromatic carbocycles. The van der Waals surface area contributed by atoms with E-state index < -0.39 is 10.0 Å². The lowest BCUT2D eigenvalue weighted by Crippen LogP contribution is -2.33. The molecule has 0 bridgehead atoms. The quantitative estimate of drug-likeness (QED) is 0.772. The first-order chi connectivity index (χ1) is 8.90. The Hall–Kier alpha value is -0.950. The van der Waals surface area contributed by atoms with Gasteiger partial charge in [0.1, 0.15) is 0 Å². The molecule has 1 rings (SSSR count). The van der Waals surface area contributed by atoms with Gasteiger partial charge in [-0.2, -0.15) is 0 Å². The van der Waals surface area contributed by atoms with Crippen molar-refractivity contribution >= 4 is 10.0 Å². The van der Waals surface area contributed by atoms with Gasteiger partial charge >= 0.3 is 0 Å². The standard InChI is InChI=1S/C13H23N3O2S/c1-4-16(3)8-7-15-19(17,18)13-6-5-11(2)12(9-13)10-14/h5-6,9,15H,4,7-8,10,14H2,1-3H3. The highest BCUT2D eigenvalue weighted by Gasteiger charge is 2.14. The Morgan fingerprint density at radius 2 is 2.05 bits per heavy atom. The first-order valence-electron chi connectivity index (χ1n) is 6.38. The zero-order valence-electron chi connectivity index (χ0n) is 11.8. The molecule has 108 valence electrons. The molecule has 0 unspecified atom stereocenters. The SMILES string of the molecule is CCN(C)CCNS(=O)(=O)c1ccc(C)c(CN)c1. The lowest BCUT2D eigenvalue weighted by molar-refractivity contribution is 0.358. The summed E-state index contributed by atoms with van der Waals surface area (Å²) < 4.78 is 26.8. The average molecular weight is 285 g/mol. The van der Waals surface area contributed by atoms with Crippen molar-refractivity contribution in [3.8, 4) is 0 Å². The van der Waals surface area contributed by atoms with E-state index in [1.807, 2.05) is 25.8 Å². The van der Waals surface area contributed by atoms with Gasteiger partial charge in [-0.15, -0.1) is 0 Å². The fraction of sp³-hybridized carbons (Fsp3) is 0.538. The lowest BCUT2D eigenvalue weighted by Gasteiger charge is -2.14. The van der Waals surface area contributed by atoms with Gasteiger partial charge in [0.15, 0.2) is 0 Å². The van der Waals surface area contributed by atoms with Gasteiger partial charge in [-0.25, -0.2) is 13.1 Å². The number of hydrogen-bond acceptors (Lipinski definition) is 4. The van der Waals surface area contributed by atoms with Gasteiger partial charge in [0.05, 0.1) is 4.90 Å². The number of nitrogens with zero attached hydrogens (tertiary/aromatic N) is 1. The number of benzene rings is 1. The molecule has 5 nitrogen and oxygen atoms in total. The van der Waals surface area contributed by atoms with Crippen molar-refractivity contribution in [1.82, 2.24) is 9.62 Å². The minimum Gasteiger partial charge on any atom is -0.326 e. The van der Waals surface area contributed by atoms with Crippen LogP contribution in [0.25, 0.3) is 0 Å². The average Bonchev–Trinajstić information content (AvgIpc) is 2.38. The lowest BCUT2D eigenvalue weighted by atomic mass is 10.1. The number of nitrogens with two attached hydrogens (primary N) is 1. The monoisotopic (exact) mass is 285 g/mol. The second kappa shape index (κ2) is 7.00. The molecule has 3 N–H and O–H groups in total. The summed E-state index contributed by atoms with van der Waals surface area (Å²) >= 11 is 0. The predicted molar refractivity (Wildman–Crippen MR) is 77.4 cm³/mol. The Bertz CT molecular complexity index is 515. The zero-order valence-corrected chi connectivity index (χ0v) is 12.6. The number of rotatable bonds is 7. The van der Waals surface area contributed by atoms with Gasteiger partial charge in [-0.05, 0) is 43.8 Å². The minimum atomic E-state index is -3.45. The number of aryl methyl sites for hydroxylation is 1. The number of hydrogen-bond donors (Lipinski definition) is 2.